The van der Waals surface area contributed by atoms with Crippen molar-refractivity contribution in [2.45, 2.75) is 33.4 Å². The fraction of sp³-hybridized carbons (Fsp3) is 0.0962. The summed E-state index contributed by atoms with van der Waals surface area (Å²) in [6.45, 7) is 7.23. The lowest BCUT2D eigenvalue weighted by Gasteiger charge is -2.19. The molecule has 7 aromatic carbocycles. The molecule has 3 nitrogen and oxygen atoms in total. The van der Waals surface area contributed by atoms with Crippen molar-refractivity contribution in [3.8, 4) is 22.3 Å². The highest BCUT2D eigenvalue weighted by Crippen LogP contribution is 2.37. The van der Waals surface area contributed by atoms with Crippen molar-refractivity contribution in [3.05, 3.63) is 205 Å². The van der Waals surface area contributed by atoms with E-state index in [2.05, 4.69) is 211 Å². The van der Waals surface area contributed by atoms with Crippen LogP contribution in [0.3, 0.4) is 0 Å². The summed E-state index contributed by atoms with van der Waals surface area (Å²) < 4.78 is 4.76. The molecule has 55 heavy (non-hydrogen) atoms. The zero-order chi connectivity index (χ0) is 37.3. The first-order chi connectivity index (χ1) is 27.1. The van der Waals surface area contributed by atoms with E-state index in [1.54, 1.807) is 0 Å². The highest BCUT2D eigenvalue weighted by Gasteiger charge is 2.20. The number of hydrogen-bond donors (Lipinski definition) is 0. The molecule has 2 heterocycles. The van der Waals surface area contributed by atoms with Crippen LogP contribution in [-0.4, -0.2) is 15.0 Å². The molecular weight excluding hydrogens is 667 g/mol. The van der Waals surface area contributed by atoms with Crippen molar-refractivity contribution in [2.75, 3.05) is 0 Å². The van der Waals surface area contributed by atoms with Crippen molar-refractivity contribution < 1.29 is 0 Å². The molecule has 9 aromatic rings. The Morgan fingerprint density at radius 3 is 1.80 bits per heavy atom. The van der Waals surface area contributed by atoms with E-state index in [1.807, 2.05) is 6.92 Å². The summed E-state index contributed by atoms with van der Waals surface area (Å²) in [6.07, 6.45) is 8.49. The number of hydrogen-bond acceptors (Lipinski definition) is 1. The van der Waals surface area contributed by atoms with Crippen LogP contribution in [0.2, 0.25) is 0 Å². The lowest BCUT2D eigenvalue weighted by atomic mass is 9.92. The maximum atomic E-state index is 5.57. The average Bonchev–Trinajstić information content (AvgIpc) is 3.74. The number of allylic oxidation sites excluding steroid dienone is 4. The molecule has 0 spiro atoms. The number of aryl methyl sites for hydroxylation is 1. The van der Waals surface area contributed by atoms with Gasteiger partial charge in [0.05, 0.1) is 11.0 Å². The van der Waals surface area contributed by atoms with Gasteiger partial charge in [-0.3, -0.25) is 9.56 Å². The third kappa shape index (κ3) is 6.28. The quantitative estimate of drug-likeness (QED) is 0.0851. The molecule has 0 saturated carbocycles. The molecule has 1 atom stereocenters. The van der Waals surface area contributed by atoms with E-state index in [-0.39, 0.29) is 6.04 Å². The van der Waals surface area contributed by atoms with Crippen LogP contribution in [-0.2, 0) is 6.54 Å². The number of benzene rings is 7. The monoisotopic (exact) mass is 709 g/mol. The van der Waals surface area contributed by atoms with Crippen molar-refractivity contribution >= 4 is 49.4 Å². The van der Waals surface area contributed by atoms with Crippen LogP contribution >= 0.6 is 0 Å². The van der Waals surface area contributed by atoms with Crippen LogP contribution in [0.5, 0.6) is 0 Å². The molecule has 0 aliphatic heterocycles. The molecule has 0 N–H and O–H groups in total. The van der Waals surface area contributed by atoms with Gasteiger partial charge in [-0.1, -0.05) is 152 Å². The van der Waals surface area contributed by atoms with Gasteiger partial charge in [0, 0.05) is 39.1 Å². The number of aliphatic imine (C=N–C) groups is 1. The molecule has 2 aromatic heterocycles. The molecule has 0 aliphatic rings. The summed E-state index contributed by atoms with van der Waals surface area (Å²) in [5.74, 6) is 0.956. The summed E-state index contributed by atoms with van der Waals surface area (Å²) in [6, 6.07) is 59.2. The number of para-hydroxylation sites is 2. The van der Waals surface area contributed by atoms with Crippen LogP contribution in [0.15, 0.2) is 193 Å². The summed E-state index contributed by atoms with van der Waals surface area (Å²) >= 11 is 0. The van der Waals surface area contributed by atoms with Crippen LogP contribution < -0.4 is 0 Å². The zero-order valence-corrected chi connectivity index (χ0v) is 31.5. The van der Waals surface area contributed by atoms with E-state index in [0.29, 0.717) is 0 Å². The van der Waals surface area contributed by atoms with Crippen LogP contribution in [0.4, 0.5) is 0 Å². The first-order valence-electron chi connectivity index (χ1n) is 19.2. The SMILES string of the molecule is C/C=C\C=C/Cn1c2ccccc2c2cc(-c3ccc4c(c3)c3ccccc3n4C(C)=NC(c3ccccc3)c3ccc(-c4ccccc4)cc3C)ccc21. The van der Waals surface area contributed by atoms with E-state index in [1.165, 1.54) is 71.5 Å². The molecule has 0 amide bonds. The van der Waals surface area contributed by atoms with Crippen LogP contribution in [0.25, 0.3) is 65.9 Å². The Balaban J connectivity index is 1.15. The molecule has 266 valence electrons. The van der Waals surface area contributed by atoms with E-state index < -0.39 is 0 Å². The van der Waals surface area contributed by atoms with E-state index >= 15 is 0 Å². The van der Waals surface area contributed by atoms with Crippen molar-refractivity contribution in [1.82, 2.24) is 9.13 Å². The molecule has 0 bridgehead atoms. The minimum Gasteiger partial charge on any atom is -0.337 e. The van der Waals surface area contributed by atoms with Gasteiger partial charge in [-0.2, -0.15) is 0 Å². The van der Waals surface area contributed by atoms with Gasteiger partial charge in [0.1, 0.15) is 11.9 Å². The van der Waals surface area contributed by atoms with Gasteiger partial charge in [-0.25, -0.2) is 0 Å². The number of rotatable bonds is 8. The lowest BCUT2D eigenvalue weighted by Crippen LogP contribution is -2.11. The number of aromatic nitrogens is 2. The predicted octanol–water partition coefficient (Wildman–Crippen LogP) is 13.7. The molecule has 9 rings (SSSR count). The van der Waals surface area contributed by atoms with Crippen LogP contribution in [0, 0.1) is 6.92 Å². The van der Waals surface area contributed by atoms with Gasteiger partial charge < -0.3 is 4.57 Å². The predicted molar refractivity (Wildman–Crippen MR) is 235 cm³/mol. The standard InChI is InChI=1S/C52H43N3/c1-4-5-6-17-32-54-48-24-15-13-22-44(48)46-34-41(27-30-49(46)54)42-28-31-51-47(35-42)45-23-14-16-25-50(45)55(51)37(3)53-52(39-20-11-8-12-21-39)43-29-26-40(33-36(43)2)38-18-9-7-10-19-38/h4-31,33-35,52H,32H2,1-3H3/b5-4-,17-6-,53-37?. The van der Waals surface area contributed by atoms with E-state index in [9.17, 15) is 0 Å². The molecule has 0 fully saturated rings. The Kier molecular flexibility index (Phi) is 9.05. The second-order valence-electron chi connectivity index (χ2n) is 14.3. The van der Waals surface area contributed by atoms with E-state index in [0.717, 1.165) is 23.4 Å². The zero-order valence-electron chi connectivity index (χ0n) is 31.5. The van der Waals surface area contributed by atoms with Crippen molar-refractivity contribution in [1.29, 1.82) is 0 Å². The summed E-state index contributed by atoms with van der Waals surface area (Å²) in [5.41, 5.74) is 13.3. The Morgan fingerprint density at radius 2 is 1.09 bits per heavy atom. The maximum Gasteiger partial charge on any atom is 0.106 e. The van der Waals surface area contributed by atoms with Crippen LogP contribution in [0.1, 0.15) is 36.6 Å². The Bertz CT molecular complexity index is 2920. The number of nitrogens with zero attached hydrogens (tertiary/aromatic N) is 3. The fourth-order valence-corrected chi connectivity index (χ4v) is 8.28. The summed E-state index contributed by atoms with van der Waals surface area (Å²) in [7, 11) is 0. The van der Waals surface area contributed by atoms with E-state index in [4.69, 9.17) is 4.99 Å². The Hall–Kier alpha value is -6.71. The first kappa shape index (κ1) is 34.1. The highest BCUT2D eigenvalue weighted by atomic mass is 15.1. The molecule has 0 aliphatic carbocycles. The fourth-order valence-electron chi connectivity index (χ4n) is 8.28. The van der Waals surface area contributed by atoms with Gasteiger partial charge >= 0.3 is 0 Å². The molecule has 0 radical (unpaired) electrons. The minimum atomic E-state index is -0.158. The van der Waals surface area contributed by atoms with Gasteiger partial charge in [-0.15, -0.1) is 0 Å². The van der Waals surface area contributed by atoms with Gasteiger partial charge in [-0.05, 0) is 96.1 Å². The normalized spacial score (nSPS) is 13.0. The summed E-state index contributed by atoms with van der Waals surface area (Å²) in [5, 5.41) is 5.00. The average molecular weight is 710 g/mol. The lowest BCUT2D eigenvalue weighted by molar-refractivity contribution is 0.853. The van der Waals surface area contributed by atoms with Crippen molar-refractivity contribution in [2.24, 2.45) is 4.99 Å². The van der Waals surface area contributed by atoms with Gasteiger partial charge in [0.25, 0.3) is 0 Å². The Labute approximate surface area is 322 Å². The molecule has 3 heteroatoms. The minimum absolute atomic E-state index is 0.158. The Morgan fingerprint density at radius 1 is 0.545 bits per heavy atom. The second-order valence-corrected chi connectivity index (χ2v) is 14.3. The second kappa shape index (κ2) is 14.6. The highest BCUT2D eigenvalue weighted by molar-refractivity contribution is 6.15. The third-order valence-corrected chi connectivity index (χ3v) is 10.9. The first-order valence-corrected chi connectivity index (χ1v) is 19.2. The maximum absolute atomic E-state index is 5.57. The molecular formula is C52H43N3. The molecule has 0 saturated heterocycles. The smallest absolute Gasteiger partial charge is 0.106 e. The topological polar surface area (TPSA) is 22.2 Å². The van der Waals surface area contributed by atoms with Gasteiger partial charge in [0.15, 0.2) is 0 Å². The number of fused-ring (bicyclic) bond motifs is 6. The van der Waals surface area contributed by atoms with Crippen molar-refractivity contribution in [3.63, 3.8) is 0 Å². The molecule has 1 unspecified atom stereocenters. The third-order valence-electron chi connectivity index (χ3n) is 10.9. The summed E-state index contributed by atoms with van der Waals surface area (Å²) in [4.78, 5) is 5.57. The largest absolute Gasteiger partial charge is 0.337 e. The van der Waals surface area contributed by atoms with Gasteiger partial charge in [0.2, 0.25) is 0 Å².